The Morgan fingerprint density at radius 3 is 1.02 bits per heavy atom. The zero-order chi connectivity index (χ0) is 46.3. The first-order chi connectivity index (χ1) is 31.7. The number of allylic oxidation sites excluding steroid dienone is 22. The molecule has 0 fully saturated rings. The van der Waals surface area contributed by atoms with Gasteiger partial charge in [0.2, 0.25) is 5.91 Å². The van der Waals surface area contributed by atoms with Gasteiger partial charge in [0, 0.05) is 6.42 Å². The molecule has 2 unspecified atom stereocenters. The third-order valence-electron chi connectivity index (χ3n) is 11.2. The van der Waals surface area contributed by atoms with Gasteiger partial charge in [0.25, 0.3) is 0 Å². The van der Waals surface area contributed by atoms with Crippen molar-refractivity contribution >= 4 is 5.91 Å². The van der Waals surface area contributed by atoms with E-state index >= 15 is 0 Å². The third kappa shape index (κ3) is 49.5. The molecule has 3 N–H and O–H groups in total. The molecule has 0 radical (unpaired) electrons. The number of aliphatic hydroxyl groups excluding tert-OH is 2. The Morgan fingerprint density at radius 2 is 0.688 bits per heavy atom. The number of amides is 1. The van der Waals surface area contributed by atoms with Gasteiger partial charge in [0.05, 0.1) is 18.8 Å². The molecule has 0 aliphatic heterocycles. The van der Waals surface area contributed by atoms with Crippen molar-refractivity contribution in [1.82, 2.24) is 5.32 Å². The van der Waals surface area contributed by atoms with Gasteiger partial charge in [-0.2, -0.15) is 0 Å². The average molecular weight is 882 g/mol. The van der Waals surface area contributed by atoms with Crippen LogP contribution in [0.5, 0.6) is 0 Å². The number of unbranched alkanes of at least 4 members (excludes halogenated alkanes) is 17. The van der Waals surface area contributed by atoms with Crippen molar-refractivity contribution in [2.75, 3.05) is 6.61 Å². The first-order valence-corrected chi connectivity index (χ1v) is 26.4. The second-order valence-electron chi connectivity index (χ2n) is 17.2. The Hall–Kier alpha value is -3.47. The summed E-state index contributed by atoms with van der Waals surface area (Å²) in [6, 6.07) is -0.564. The summed E-state index contributed by atoms with van der Waals surface area (Å²) < 4.78 is 0. The maximum Gasteiger partial charge on any atom is 0.220 e. The Labute approximate surface area is 396 Å². The summed E-state index contributed by atoms with van der Waals surface area (Å²) in [5.41, 5.74) is 0. The number of carbonyl (C=O) groups is 1. The summed E-state index contributed by atoms with van der Waals surface area (Å²) in [4.78, 5) is 12.4. The summed E-state index contributed by atoms with van der Waals surface area (Å²) in [5, 5.41) is 23.2. The van der Waals surface area contributed by atoms with Crippen molar-refractivity contribution in [2.24, 2.45) is 0 Å². The van der Waals surface area contributed by atoms with Gasteiger partial charge < -0.3 is 15.5 Å². The zero-order valence-electron chi connectivity index (χ0n) is 41.5. The molecule has 0 saturated heterocycles. The van der Waals surface area contributed by atoms with Crippen LogP contribution < -0.4 is 5.32 Å². The van der Waals surface area contributed by atoms with Crippen LogP contribution in [0.15, 0.2) is 134 Å². The highest BCUT2D eigenvalue weighted by Crippen LogP contribution is 2.15. The van der Waals surface area contributed by atoms with E-state index < -0.39 is 12.1 Å². The number of hydrogen-bond acceptors (Lipinski definition) is 3. The molecule has 1 amide bonds. The lowest BCUT2D eigenvalue weighted by molar-refractivity contribution is -0.123. The number of hydrogen-bond donors (Lipinski definition) is 3. The van der Waals surface area contributed by atoms with E-state index in [9.17, 15) is 15.0 Å². The van der Waals surface area contributed by atoms with Gasteiger partial charge in [0.1, 0.15) is 0 Å². The minimum Gasteiger partial charge on any atom is -0.394 e. The van der Waals surface area contributed by atoms with E-state index in [4.69, 9.17) is 0 Å². The first kappa shape index (κ1) is 60.5. The van der Waals surface area contributed by atoms with Crippen molar-refractivity contribution in [3.8, 4) is 0 Å². The molecule has 0 heterocycles. The molecule has 0 rings (SSSR count). The molecule has 2 atom stereocenters. The van der Waals surface area contributed by atoms with Gasteiger partial charge in [-0.3, -0.25) is 4.79 Å². The number of aliphatic hydroxyl groups is 2. The molecule has 4 nitrogen and oxygen atoms in total. The minimum atomic E-state index is -0.683. The zero-order valence-corrected chi connectivity index (χ0v) is 41.5. The second-order valence-corrected chi connectivity index (χ2v) is 17.2. The standard InChI is InChI=1S/C60H99NO3/c1-3-5-7-9-11-13-15-17-19-20-21-22-23-24-25-26-27-28-29-30-31-32-33-34-35-36-37-38-39-40-42-44-46-48-50-52-54-56-60(64)61-58(57-62)59(63)55-53-51-49-47-45-43-41-18-16-14-12-10-8-6-4-2/h5,7,11,13,17,19,21-22,24-25,27-28,30-31,33-34,36-37,39-40,44,46,58-59,62-63H,3-4,6,8-10,12,14-16,18,20,23,26,29,32,35,38,41-43,45,47-57H2,1-2H3,(H,61,64)/b7-5-,13-11-,19-17-,22-21-,25-24-,28-27-,31-30-,34-33-,37-36-,40-39-,46-44-. The maximum atomic E-state index is 12.4. The molecule has 0 aromatic carbocycles. The monoisotopic (exact) mass is 882 g/mol. The van der Waals surface area contributed by atoms with Crippen LogP contribution in [0, 0.1) is 0 Å². The topological polar surface area (TPSA) is 69.6 Å². The SMILES string of the molecule is CC/C=C\C/C=C\C/C=C\C/C=C\C/C=C\C/C=C\C/C=C\C/C=C\C/C=C\C/C=C\C/C=C\CCCCCC(=O)NC(CO)C(O)CCCCCCCCCCCCCCCCC. The molecule has 0 spiro atoms. The van der Waals surface area contributed by atoms with Crippen molar-refractivity contribution < 1.29 is 15.0 Å². The fraction of sp³-hybridized carbons (Fsp3) is 0.617. The van der Waals surface area contributed by atoms with Gasteiger partial charge in [0.15, 0.2) is 0 Å². The van der Waals surface area contributed by atoms with Gasteiger partial charge in [-0.25, -0.2) is 0 Å². The molecule has 64 heavy (non-hydrogen) atoms. The average Bonchev–Trinajstić information content (AvgIpc) is 3.30. The lowest BCUT2D eigenvalue weighted by atomic mass is 10.0. The van der Waals surface area contributed by atoms with Gasteiger partial charge in [-0.1, -0.05) is 250 Å². The first-order valence-electron chi connectivity index (χ1n) is 26.4. The van der Waals surface area contributed by atoms with Crippen LogP contribution in [-0.2, 0) is 4.79 Å². The van der Waals surface area contributed by atoms with E-state index in [0.717, 1.165) is 109 Å². The minimum absolute atomic E-state index is 0.0686. The highest BCUT2D eigenvalue weighted by atomic mass is 16.3. The van der Waals surface area contributed by atoms with Crippen LogP contribution in [0.3, 0.4) is 0 Å². The molecule has 362 valence electrons. The van der Waals surface area contributed by atoms with Crippen LogP contribution in [0.4, 0.5) is 0 Å². The molecule has 0 bridgehead atoms. The van der Waals surface area contributed by atoms with Crippen LogP contribution in [-0.4, -0.2) is 34.9 Å². The Bertz CT molecular complexity index is 1320. The number of carbonyl (C=O) groups excluding carboxylic acids is 1. The lowest BCUT2D eigenvalue weighted by Crippen LogP contribution is -2.45. The summed E-state index contributed by atoms with van der Waals surface area (Å²) in [7, 11) is 0. The fourth-order valence-electron chi connectivity index (χ4n) is 7.19. The van der Waals surface area contributed by atoms with Crippen LogP contribution in [0.25, 0.3) is 0 Å². The number of rotatable bonds is 46. The van der Waals surface area contributed by atoms with Crippen LogP contribution in [0.2, 0.25) is 0 Å². The molecule has 0 aromatic rings. The molecule has 0 saturated carbocycles. The van der Waals surface area contributed by atoms with Crippen LogP contribution in [0.1, 0.15) is 219 Å². The van der Waals surface area contributed by atoms with Crippen molar-refractivity contribution in [3.63, 3.8) is 0 Å². The highest BCUT2D eigenvalue weighted by molar-refractivity contribution is 5.76. The quantitative estimate of drug-likeness (QED) is 0.0421. The molecule has 0 aliphatic carbocycles. The van der Waals surface area contributed by atoms with E-state index in [1.165, 1.54) is 83.5 Å². The molecule has 0 aromatic heterocycles. The predicted octanol–water partition coefficient (Wildman–Crippen LogP) is 17.5. The van der Waals surface area contributed by atoms with Gasteiger partial charge >= 0.3 is 0 Å². The fourth-order valence-corrected chi connectivity index (χ4v) is 7.19. The Balaban J connectivity index is 3.70. The van der Waals surface area contributed by atoms with E-state index in [1.54, 1.807) is 0 Å². The summed E-state index contributed by atoms with van der Waals surface area (Å²) in [5.74, 6) is -0.0686. The second kappa shape index (κ2) is 53.9. The van der Waals surface area contributed by atoms with E-state index in [-0.39, 0.29) is 12.5 Å². The molecule has 4 heteroatoms. The van der Waals surface area contributed by atoms with Gasteiger partial charge in [-0.15, -0.1) is 0 Å². The van der Waals surface area contributed by atoms with Crippen molar-refractivity contribution in [3.05, 3.63) is 134 Å². The molecular weight excluding hydrogens is 783 g/mol. The Kier molecular flexibility index (Phi) is 50.9. The normalized spacial score (nSPS) is 14.0. The van der Waals surface area contributed by atoms with E-state index in [2.05, 4.69) is 153 Å². The van der Waals surface area contributed by atoms with Gasteiger partial charge in [-0.05, 0) is 96.3 Å². The molecular formula is C60H99NO3. The third-order valence-corrected chi connectivity index (χ3v) is 11.2. The van der Waals surface area contributed by atoms with Crippen molar-refractivity contribution in [1.29, 1.82) is 0 Å². The van der Waals surface area contributed by atoms with Crippen LogP contribution >= 0.6 is 0 Å². The van der Waals surface area contributed by atoms with Crippen molar-refractivity contribution in [2.45, 2.75) is 231 Å². The van der Waals surface area contributed by atoms with E-state index in [1.807, 2.05) is 0 Å². The van der Waals surface area contributed by atoms with E-state index in [0.29, 0.717) is 12.8 Å². The number of nitrogens with one attached hydrogen (secondary N) is 1. The predicted molar refractivity (Wildman–Crippen MR) is 285 cm³/mol. The summed E-state index contributed by atoms with van der Waals surface area (Å²) >= 11 is 0. The summed E-state index contributed by atoms with van der Waals surface area (Å²) in [6.07, 6.45) is 84.1. The lowest BCUT2D eigenvalue weighted by Gasteiger charge is -2.22. The largest absolute Gasteiger partial charge is 0.394 e. The Morgan fingerprint density at radius 1 is 0.391 bits per heavy atom. The summed E-state index contributed by atoms with van der Waals surface area (Å²) in [6.45, 7) is 4.22. The molecule has 0 aliphatic rings. The smallest absolute Gasteiger partial charge is 0.220 e. The highest BCUT2D eigenvalue weighted by Gasteiger charge is 2.20. The maximum absolute atomic E-state index is 12.4.